The first-order valence-electron chi connectivity index (χ1n) is 5.42. The molecule has 3 rings (SSSR count). The second kappa shape index (κ2) is 3.87. The van der Waals surface area contributed by atoms with Crippen LogP contribution in [0.4, 0.5) is 5.69 Å². The number of hydrogen-bond donors (Lipinski definition) is 1. The summed E-state index contributed by atoms with van der Waals surface area (Å²) in [4.78, 5) is 0. The smallest absolute Gasteiger partial charge is 0.0950 e. The highest BCUT2D eigenvalue weighted by atomic mass is 15.1. The predicted octanol–water partition coefficient (Wildman–Crippen LogP) is 2.88. The molecule has 82 valence electrons. The van der Waals surface area contributed by atoms with Crippen LogP contribution < -0.4 is 5.73 Å². The van der Waals surface area contributed by atoms with Gasteiger partial charge in [-0.1, -0.05) is 36.4 Å². The first kappa shape index (κ1) is 9.78. The van der Waals surface area contributed by atoms with Gasteiger partial charge in [0.2, 0.25) is 0 Å². The monoisotopic (exact) mass is 221 g/mol. The van der Waals surface area contributed by atoms with Crippen molar-refractivity contribution < 1.29 is 0 Å². The van der Waals surface area contributed by atoms with E-state index in [1.807, 2.05) is 54.6 Å². The molecule has 3 aromatic rings. The third-order valence-electron chi connectivity index (χ3n) is 2.73. The molecule has 17 heavy (non-hydrogen) atoms. The van der Waals surface area contributed by atoms with Crippen LogP contribution in [0.25, 0.3) is 22.2 Å². The van der Waals surface area contributed by atoms with Gasteiger partial charge in [-0.3, -0.25) is 0 Å². The van der Waals surface area contributed by atoms with Gasteiger partial charge >= 0.3 is 0 Å². The zero-order valence-electron chi connectivity index (χ0n) is 9.17. The van der Waals surface area contributed by atoms with Crippen LogP contribution in [-0.2, 0) is 0 Å². The Morgan fingerprint density at radius 3 is 2.47 bits per heavy atom. The topological polar surface area (TPSA) is 51.8 Å². The summed E-state index contributed by atoms with van der Waals surface area (Å²) in [6.45, 7) is 0. The molecule has 0 saturated heterocycles. The number of benzene rings is 2. The van der Waals surface area contributed by atoms with Crippen LogP contribution in [0.2, 0.25) is 0 Å². The van der Waals surface area contributed by atoms with Crippen molar-refractivity contribution in [3.8, 4) is 11.3 Å². The minimum absolute atomic E-state index is 0.731. The lowest BCUT2D eigenvalue weighted by molar-refractivity contribution is 1.08. The van der Waals surface area contributed by atoms with Crippen molar-refractivity contribution in [1.29, 1.82) is 0 Å². The minimum Gasteiger partial charge on any atom is -0.398 e. The largest absolute Gasteiger partial charge is 0.398 e. The molecule has 0 amide bonds. The molecule has 0 saturated carbocycles. The van der Waals surface area contributed by atoms with Crippen molar-refractivity contribution in [2.45, 2.75) is 0 Å². The predicted molar refractivity (Wildman–Crippen MR) is 69.4 cm³/mol. The van der Waals surface area contributed by atoms with Gasteiger partial charge in [0.25, 0.3) is 0 Å². The Morgan fingerprint density at radius 2 is 1.65 bits per heavy atom. The van der Waals surface area contributed by atoms with Crippen LogP contribution >= 0.6 is 0 Å². The van der Waals surface area contributed by atoms with Gasteiger partial charge in [-0.25, -0.2) is 0 Å². The quantitative estimate of drug-likeness (QED) is 0.643. The molecule has 0 spiro atoms. The lowest BCUT2D eigenvalue weighted by Crippen LogP contribution is -1.92. The molecule has 2 aromatic carbocycles. The van der Waals surface area contributed by atoms with E-state index in [-0.39, 0.29) is 0 Å². The maximum atomic E-state index is 5.94. The molecule has 0 atom stereocenters. The van der Waals surface area contributed by atoms with E-state index in [1.165, 1.54) is 0 Å². The van der Waals surface area contributed by atoms with Gasteiger partial charge in [-0.15, -0.1) is 10.2 Å². The standard InChI is InChI=1S/C14H11N3/c15-12-7-4-8-13-11(12)9-14(17-16-13)10-5-2-1-3-6-10/h1-9H,15H2. The zero-order valence-corrected chi connectivity index (χ0v) is 9.17. The molecule has 1 aromatic heterocycles. The molecule has 0 fully saturated rings. The van der Waals surface area contributed by atoms with Crippen molar-refractivity contribution in [2.24, 2.45) is 0 Å². The molecule has 0 aliphatic rings. The van der Waals surface area contributed by atoms with Crippen molar-refractivity contribution >= 4 is 16.6 Å². The average Bonchev–Trinajstić information content (AvgIpc) is 2.40. The number of nitrogens with zero attached hydrogens (tertiary/aromatic N) is 2. The number of rotatable bonds is 1. The van der Waals surface area contributed by atoms with E-state index in [9.17, 15) is 0 Å². The number of anilines is 1. The van der Waals surface area contributed by atoms with E-state index in [4.69, 9.17) is 5.73 Å². The summed E-state index contributed by atoms with van der Waals surface area (Å²) in [5.74, 6) is 0. The number of fused-ring (bicyclic) bond motifs is 1. The summed E-state index contributed by atoms with van der Waals surface area (Å²) in [6.07, 6.45) is 0. The Kier molecular flexibility index (Phi) is 2.22. The molecule has 2 N–H and O–H groups in total. The van der Waals surface area contributed by atoms with E-state index in [0.717, 1.165) is 27.8 Å². The lowest BCUT2D eigenvalue weighted by Gasteiger charge is -2.03. The molecule has 0 aliphatic carbocycles. The summed E-state index contributed by atoms with van der Waals surface area (Å²) < 4.78 is 0. The SMILES string of the molecule is Nc1cccc2nnc(-c3ccccc3)cc12. The summed E-state index contributed by atoms with van der Waals surface area (Å²) in [6, 6.07) is 17.6. The van der Waals surface area contributed by atoms with Gasteiger partial charge in [0.05, 0.1) is 11.2 Å². The Bertz CT molecular complexity index is 663. The molecular formula is C14H11N3. The Balaban J connectivity index is 2.23. The van der Waals surface area contributed by atoms with Crippen LogP contribution in [0.1, 0.15) is 0 Å². The Hall–Kier alpha value is -2.42. The molecule has 1 heterocycles. The number of nitrogens with two attached hydrogens (primary N) is 1. The molecule has 3 heteroatoms. The first-order chi connectivity index (χ1) is 8.34. The van der Waals surface area contributed by atoms with E-state index in [0.29, 0.717) is 0 Å². The highest BCUT2D eigenvalue weighted by molar-refractivity contribution is 5.91. The maximum absolute atomic E-state index is 5.94. The molecule has 0 unspecified atom stereocenters. The summed E-state index contributed by atoms with van der Waals surface area (Å²) in [5, 5.41) is 9.35. The van der Waals surface area contributed by atoms with Crippen LogP contribution in [0.15, 0.2) is 54.6 Å². The highest BCUT2D eigenvalue weighted by Crippen LogP contribution is 2.23. The highest BCUT2D eigenvalue weighted by Gasteiger charge is 2.03. The molecule has 3 nitrogen and oxygen atoms in total. The normalized spacial score (nSPS) is 10.6. The van der Waals surface area contributed by atoms with Crippen LogP contribution in [-0.4, -0.2) is 10.2 Å². The van der Waals surface area contributed by atoms with Crippen LogP contribution in [0.5, 0.6) is 0 Å². The van der Waals surface area contributed by atoms with Gasteiger partial charge in [0, 0.05) is 16.6 Å². The summed E-state index contributed by atoms with van der Waals surface area (Å²) in [7, 11) is 0. The summed E-state index contributed by atoms with van der Waals surface area (Å²) >= 11 is 0. The van der Waals surface area contributed by atoms with Crippen molar-refractivity contribution in [3.63, 3.8) is 0 Å². The molecule has 0 bridgehead atoms. The fourth-order valence-electron chi connectivity index (χ4n) is 1.84. The van der Waals surface area contributed by atoms with Gasteiger partial charge in [0.1, 0.15) is 0 Å². The van der Waals surface area contributed by atoms with E-state index >= 15 is 0 Å². The maximum Gasteiger partial charge on any atom is 0.0950 e. The molecular weight excluding hydrogens is 210 g/mol. The second-order valence-electron chi connectivity index (χ2n) is 3.88. The van der Waals surface area contributed by atoms with E-state index < -0.39 is 0 Å². The summed E-state index contributed by atoms with van der Waals surface area (Å²) in [5.41, 5.74) is 9.38. The van der Waals surface area contributed by atoms with Gasteiger partial charge in [0.15, 0.2) is 0 Å². The Labute approximate surface area is 98.9 Å². The first-order valence-corrected chi connectivity index (χ1v) is 5.42. The number of hydrogen-bond acceptors (Lipinski definition) is 3. The van der Waals surface area contributed by atoms with Gasteiger partial charge < -0.3 is 5.73 Å². The zero-order chi connectivity index (χ0) is 11.7. The minimum atomic E-state index is 0.731. The third kappa shape index (κ3) is 1.72. The number of nitrogen functional groups attached to an aromatic ring is 1. The third-order valence-corrected chi connectivity index (χ3v) is 2.73. The molecule has 0 aliphatic heterocycles. The number of aromatic nitrogens is 2. The average molecular weight is 221 g/mol. The van der Waals surface area contributed by atoms with Gasteiger partial charge in [-0.2, -0.15) is 0 Å². The fraction of sp³-hybridized carbons (Fsp3) is 0. The molecule has 0 radical (unpaired) electrons. The van der Waals surface area contributed by atoms with Crippen molar-refractivity contribution in [1.82, 2.24) is 10.2 Å². The van der Waals surface area contributed by atoms with E-state index in [2.05, 4.69) is 10.2 Å². The lowest BCUT2D eigenvalue weighted by atomic mass is 10.1. The van der Waals surface area contributed by atoms with Crippen LogP contribution in [0, 0.1) is 0 Å². The van der Waals surface area contributed by atoms with Gasteiger partial charge in [-0.05, 0) is 18.2 Å². The van der Waals surface area contributed by atoms with Crippen molar-refractivity contribution in [2.75, 3.05) is 5.73 Å². The van der Waals surface area contributed by atoms with Crippen molar-refractivity contribution in [3.05, 3.63) is 54.6 Å². The van der Waals surface area contributed by atoms with E-state index in [1.54, 1.807) is 0 Å². The van der Waals surface area contributed by atoms with Crippen LogP contribution in [0.3, 0.4) is 0 Å². The Morgan fingerprint density at radius 1 is 0.824 bits per heavy atom. The second-order valence-corrected chi connectivity index (χ2v) is 3.88. The fourth-order valence-corrected chi connectivity index (χ4v) is 1.84.